The average Bonchev–Trinajstić information content (AvgIpc) is 2.96. The minimum Gasteiger partial charge on any atom is -0.500 e. The van der Waals surface area contributed by atoms with E-state index in [0.29, 0.717) is 11.3 Å². The Balaban J connectivity index is 0.00000552. The van der Waals surface area contributed by atoms with Crippen LogP contribution in [0, 0.1) is 24.1 Å². The van der Waals surface area contributed by atoms with Crippen LogP contribution < -0.4 is 0 Å². The quantitative estimate of drug-likeness (QED) is 0.116. The fourth-order valence-electron chi connectivity index (χ4n) is 5.48. The summed E-state index contributed by atoms with van der Waals surface area (Å²) in [6.07, 6.45) is 3.29. The van der Waals surface area contributed by atoms with Gasteiger partial charge in [0, 0.05) is 33.0 Å². The second-order valence-corrected chi connectivity index (χ2v) is 12.2. The van der Waals surface area contributed by atoms with Crippen molar-refractivity contribution in [2.24, 2.45) is 11.3 Å². The first kappa shape index (κ1) is 33.3. The minimum absolute atomic E-state index is 0. The van der Waals surface area contributed by atoms with E-state index < -0.39 is 17.4 Å². The number of alkyl halides is 3. The summed E-state index contributed by atoms with van der Waals surface area (Å²) in [5, 5.41) is 0. The highest BCUT2D eigenvalue weighted by Crippen LogP contribution is 2.44. The average molecular weight is 615 g/mol. The molecule has 5 nitrogen and oxygen atoms in total. The van der Waals surface area contributed by atoms with E-state index in [1.54, 1.807) is 12.3 Å². The first-order valence-corrected chi connectivity index (χ1v) is 14.9. The second kappa shape index (κ2) is 14.0. The van der Waals surface area contributed by atoms with Crippen LogP contribution in [0.15, 0.2) is 60.5 Å². The van der Waals surface area contributed by atoms with E-state index in [1.165, 1.54) is 24.1 Å². The van der Waals surface area contributed by atoms with Crippen LogP contribution in [0.5, 0.6) is 0 Å². The Labute approximate surface area is 257 Å². The summed E-state index contributed by atoms with van der Waals surface area (Å²) < 4.78 is 65.7. The Morgan fingerprint density at radius 2 is 1.86 bits per heavy atom. The van der Waals surface area contributed by atoms with Crippen molar-refractivity contribution in [3.8, 4) is 11.3 Å². The van der Waals surface area contributed by atoms with Gasteiger partial charge in [-0.25, -0.2) is 9.37 Å². The molecule has 0 aliphatic carbocycles. The van der Waals surface area contributed by atoms with E-state index in [1.807, 2.05) is 6.07 Å². The molecule has 1 aliphatic heterocycles. The number of hydrogen-bond acceptors (Lipinski definition) is 5. The summed E-state index contributed by atoms with van der Waals surface area (Å²) in [6.45, 7) is 9.48. The van der Waals surface area contributed by atoms with E-state index in [2.05, 4.69) is 24.6 Å². The van der Waals surface area contributed by atoms with E-state index in [9.17, 15) is 18.0 Å². The van der Waals surface area contributed by atoms with Crippen molar-refractivity contribution in [3.63, 3.8) is 0 Å². The number of aryl methyl sites for hydroxylation is 2. The first-order chi connectivity index (χ1) is 20.8. The third-order valence-corrected chi connectivity index (χ3v) is 8.44. The fraction of sp³-hybridized carbons (Fsp3) is 0.457. The Hall–Kier alpha value is -3.59. The molecule has 3 aromatic rings. The lowest BCUT2D eigenvalue weighted by Gasteiger charge is -2.29. The highest BCUT2D eigenvalue weighted by Gasteiger charge is 2.51. The van der Waals surface area contributed by atoms with Gasteiger partial charge >= 0.3 is 6.18 Å². The smallest absolute Gasteiger partial charge is 0.400 e. The summed E-state index contributed by atoms with van der Waals surface area (Å²) >= 11 is 0. The molecule has 0 radical (unpaired) electrons. The highest BCUT2D eigenvalue weighted by atomic mass is 19.4. The number of hydrogen-bond donors (Lipinski definition) is 0. The van der Waals surface area contributed by atoms with E-state index in [4.69, 9.17) is 14.5 Å². The van der Waals surface area contributed by atoms with Gasteiger partial charge in [-0.15, -0.1) is 0 Å². The van der Waals surface area contributed by atoms with Gasteiger partial charge in [0.1, 0.15) is 22.8 Å². The molecular weight excluding hydrogens is 572 g/mol. The topological polar surface area (TPSA) is 61.3 Å². The molecule has 0 amide bonds. The number of ketones is 1. The molecule has 1 fully saturated rings. The van der Waals surface area contributed by atoms with Gasteiger partial charge in [0.15, 0.2) is 0 Å². The van der Waals surface area contributed by atoms with E-state index in [-0.39, 0.29) is 36.9 Å². The molecule has 44 heavy (non-hydrogen) atoms. The molecule has 1 aliphatic rings. The first-order valence-electron chi connectivity index (χ1n) is 14.9. The predicted octanol–water partition coefficient (Wildman–Crippen LogP) is 8.92. The number of carbonyl (C=O) groups excluding carboxylic acids is 1. The summed E-state index contributed by atoms with van der Waals surface area (Å²) in [7, 11) is 1.14. The zero-order valence-electron chi connectivity index (χ0n) is 25.8. The maximum atomic E-state index is 15.1. The normalized spacial score (nSPS) is 15.0. The monoisotopic (exact) mass is 614 g/mol. The molecule has 0 N–H and O–H groups in total. The Kier molecular flexibility index (Phi) is 10.6. The number of nitrogens with zero attached hydrogens (tertiary/aromatic N) is 2. The van der Waals surface area contributed by atoms with Crippen molar-refractivity contribution in [3.05, 3.63) is 83.0 Å². The van der Waals surface area contributed by atoms with Gasteiger partial charge in [-0.05, 0) is 105 Å². The van der Waals surface area contributed by atoms with Gasteiger partial charge in [-0.1, -0.05) is 18.7 Å². The number of carbonyl (C=O) groups is 1. The Bertz CT molecular complexity index is 1550. The number of rotatable bonds is 12. The van der Waals surface area contributed by atoms with Gasteiger partial charge in [-0.3, -0.25) is 9.78 Å². The van der Waals surface area contributed by atoms with Crippen LogP contribution in [0.3, 0.4) is 0 Å². The highest BCUT2D eigenvalue weighted by molar-refractivity contribution is 5.84. The Morgan fingerprint density at radius 3 is 2.52 bits per heavy atom. The number of aromatic nitrogens is 2. The third-order valence-electron chi connectivity index (χ3n) is 8.44. The van der Waals surface area contributed by atoms with E-state index in [0.717, 1.165) is 88.4 Å². The molecule has 0 unspecified atom stereocenters. The van der Waals surface area contributed by atoms with Gasteiger partial charge in [0.2, 0.25) is 0 Å². The molecule has 2 heterocycles. The molecule has 1 saturated heterocycles. The summed E-state index contributed by atoms with van der Waals surface area (Å²) in [5.74, 6) is -0.581. The SMILES string of the molecule is C=C(/C=C(\OC)C(C)(C)C(F)(F)F)CC(=O)Cc1ccc(-c2cnc3cc(CCCC4CCOCC4)c(C)cc3n2)cc1F.[HH]. The van der Waals surface area contributed by atoms with Crippen LogP contribution in [0.1, 0.15) is 64.1 Å². The lowest BCUT2D eigenvalue weighted by molar-refractivity contribution is -0.208. The second-order valence-electron chi connectivity index (χ2n) is 12.2. The van der Waals surface area contributed by atoms with Crippen molar-refractivity contribution >= 4 is 16.8 Å². The van der Waals surface area contributed by atoms with Crippen molar-refractivity contribution in [1.82, 2.24) is 9.97 Å². The van der Waals surface area contributed by atoms with Crippen molar-refractivity contribution in [1.29, 1.82) is 0 Å². The number of fused-ring (bicyclic) bond motifs is 1. The molecule has 1 aromatic heterocycles. The number of halogens is 4. The summed E-state index contributed by atoms with van der Waals surface area (Å²) in [6, 6.07) is 8.63. The molecular formula is C35H42F4N2O3. The molecule has 0 bridgehead atoms. The molecule has 4 rings (SSSR count). The molecule has 238 valence electrons. The standard InChI is InChI=1S/C35H40F4N2O3.H2/c1-22(16-33(43-5)34(3,4)35(37,38)39)15-28(42)18-26-9-10-27(19-29(26)36)32-21-40-30-20-25(23(2)17-31(30)41-32)8-6-7-24-11-13-44-14-12-24;/h9-10,16-17,19-21,24H,1,6-8,11-15,18H2,2-5H3;1H/b33-16-;. The van der Waals surface area contributed by atoms with Crippen LogP contribution >= 0.6 is 0 Å². The van der Waals surface area contributed by atoms with Crippen molar-refractivity contribution in [2.75, 3.05) is 20.3 Å². The lowest BCUT2D eigenvalue weighted by Crippen LogP contribution is -2.34. The largest absolute Gasteiger partial charge is 0.500 e. The maximum absolute atomic E-state index is 15.1. The number of Topliss-reactive ketones (excluding diaryl/α,β-unsaturated/α-hetero) is 1. The zero-order valence-corrected chi connectivity index (χ0v) is 25.8. The van der Waals surface area contributed by atoms with Crippen LogP contribution in [0.4, 0.5) is 17.6 Å². The number of ether oxygens (including phenoxy) is 2. The van der Waals surface area contributed by atoms with Crippen LogP contribution in [-0.2, 0) is 27.1 Å². The van der Waals surface area contributed by atoms with Gasteiger partial charge < -0.3 is 9.47 Å². The predicted molar refractivity (Wildman–Crippen MR) is 166 cm³/mol. The van der Waals surface area contributed by atoms with Gasteiger partial charge in [-0.2, -0.15) is 13.2 Å². The van der Waals surface area contributed by atoms with Gasteiger partial charge in [0.05, 0.1) is 30.0 Å². The molecule has 0 atom stereocenters. The van der Waals surface area contributed by atoms with Crippen molar-refractivity contribution in [2.45, 2.75) is 71.9 Å². The van der Waals surface area contributed by atoms with E-state index >= 15 is 4.39 Å². The number of benzene rings is 2. The van der Waals surface area contributed by atoms with Crippen LogP contribution in [-0.4, -0.2) is 42.3 Å². The van der Waals surface area contributed by atoms with Gasteiger partial charge in [0.25, 0.3) is 0 Å². The number of methoxy groups -OCH3 is 1. The molecule has 0 saturated carbocycles. The molecule has 0 spiro atoms. The third kappa shape index (κ3) is 8.11. The maximum Gasteiger partial charge on any atom is 0.400 e. The zero-order chi connectivity index (χ0) is 32.1. The summed E-state index contributed by atoms with van der Waals surface area (Å²) in [4.78, 5) is 22.0. The molecule has 2 aromatic carbocycles. The van der Waals surface area contributed by atoms with Crippen LogP contribution in [0.25, 0.3) is 22.3 Å². The lowest BCUT2D eigenvalue weighted by atomic mass is 9.88. The fourth-order valence-corrected chi connectivity index (χ4v) is 5.48. The Morgan fingerprint density at radius 1 is 1.14 bits per heavy atom. The molecule has 9 heteroatoms. The van der Waals surface area contributed by atoms with Crippen molar-refractivity contribution < 1.29 is 33.3 Å². The minimum atomic E-state index is -4.55. The van der Waals surface area contributed by atoms with Crippen LogP contribution in [0.2, 0.25) is 0 Å². The summed E-state index contributed by atoms with van der Waals surface area (Å²) in [5.41, 5.74) is 3.01. The number of allylic oxidation sites excluding steroid dienone is 3.